The fraction of sp³-hybridized carbons (Fsp3) is 0.0625. The maximum atomic E-state index is 5.74. The number of rotatable bonds is 3. The molecule has 0 bridgehead atoms. The average Bonchev–Trinajstić information content (AvgIpc) is 2.45. The molecule has 3 aromatic rings. The number of anilines is 1. The first kappa shape index (κ1) is 11.5. The normalized spacial score (nSPS) is 10.5. The van der Waals surface area contributed by atoms with E-state index in [0.717, 1.165) is 11.4 Å². The number of nitrogens with two attached hydrogens (primary N) is 1. The first-order chi connectivity index (χ1) is 9.31. The number of pyridine rings is 1. The highest BCUT2D eigenvalue weighted by molar-refractivity contribution is 5.83. The zero-order valence-corrected chi connectivity index (χ0v) is 10.4. The summed E-state index contributed by atoms with van der Waals surface area (Å²) in [6.07, 6.45) is 0. The van der Waals surface area contributed by atoms with Crippen molar-refractivity contribution in [1.82, 2.24) is 4.98 Å². The summed E-state index contributed by atoms with van der Waals surface area (Å²) in [5.74, 6) is 1.35. The highest BCUT2D eigenvalue weighted by Crippen LogP contribution is 2.21. The molecule has 3 rings (SSSR count). The van der Waals surface area contributed by atoms with Gasteiger partial charge in [0.2, 0.25) is 0 Å². The summed E-state index contributed by atoms with van der Waals surface area (Å²) in [6, 6.07) is 19.8. The van der Waals surface area contributed by atoms with Gasteiger partial charge in [0, 0.05) is 0 Å². The van der Waals surface area contributed by atoms with Crippen molar-refractivity contribution < 1.29 is 4.74 Å². The van der Waals surface area contributed by atoms with E-state index in [1.54, 1.807) is 6.07 Å². The lowest BCUT2D eigenvalue weighted by Gasteiger charge is -2.07. The van der Waals surface area contributed by atoms with Crippen molar-refractivity contribution in [2.45, 2.75) is 6.61 Å². The standard InChI is InChI=1S/C16H14N2O/c17-16-7-3-6-14(18-16)11-19-15-9-8-12-4-1-2-5-13(12)10-15/h1-10H,11H2,(H2,17,18). The summed E-state index contributed by atoms with van der Waals surface area (Å²) in [7, 11) is 0. The summed E-state index contributed by atoms with van der Waals surface area (Å²) in [6.45, 7) is 0.420. The van der Waals surface area contributed by atoms with E-state index < -0.39 is 0 Å². The molecule has 0 aliphatic rings. The minimum absolute atomic E-state index is 0.420. The van der Waals surface area contributed by atoms with Gasteiger partial charge < -0.3 is 10.5 Å². The molecule has 0 amide bonds. The van der Waals surface area contributed by atoms with Crippen molar-refractivity contribution in [2.24, 2.45) is 0 Å². The second-order valence-corrected chi connectivity index (χ2v) is 4.35. The fourth-order valence-electron chi connectivity index (χ4n) is 1.99. The van der Waals surface area contributed by atoms with E-state index >= 15 is 0 Å². The summed E-state index contributed by atoms with van der Waals surface area (Å²) in [4.78, 5) is 4.20. The average molecular weight is 250 g/mol. The van der Waals surface area contributed by atoms with Gasteiger partial charge in [0.15, 0.2) is 0 Å². The summed E-state index contributed by atoms with van der Waals surface area (Å²) < 4.78 is 5.74. The number of ether oxygens (including phenoxy) is 1. The van der Waals surface area contributed by atoms with Gasteiger partial charge in [-0.2, -0.15) is 0 Å². The van der Waals surface area contributed by atoms with Crippen LogP contribution >= 0.6 is 0 Å². The molecular weight excluding hydrogens is 236 g/mol. The van der Waals surface area contributed by atoms with Crippen LogP contribution in [0.15, 0.2) is 60.7 Å². The monoisotopic (exact) mass is 250 g/mol. The Balaban J connectivity index is 1.78. The Bertz CT molecular complexity index is 710. The molecule has 3 heteroatoms. The third-order valence-corrected chi connectivity index (χ3v) is 2.94. The van der Waals surface area contributed by atoms with E-state index in [4.69, 9.17) is 10.5 Å². The van der Waals surface area contributed by atoms with E-state index in [1.165, 1.54) is 10.8 Å². The first-order valence-electron chi connectivity index (χ1n) is 6.14. The molecule has 2 aromatic carbocycles. The van der Waals surface area contributed by atoms with Gasteiger partial charge in [-0.3, -0.25) is 0 Å². The molecular formula is C16H14N2O. The van der Waals surface area contributed by atoms with Crippen LogP contribution in [0.1, 0.15) is 5.69 Å². The van der Waals surface area contributed by atoms with Crippen LogP contribution < -0.4 is 10.5 Å². The molecule has 0 saturated carbocycles. The van der Waals surface area contributed by atoms with E-state index in [2.05, 4.69) is 23.2 Å². The van der Waals surface area contributed by atoms with E-state index in [9.17, 15) is 0 Å². The highest BCUT2D eigenvalue weighted by atomic mass is 16.5. The maximum absolute atomic E-state index is 5.74. The zero-order valence-electron chi connectivity index (χ0n) is 10.4. The van der Waals surface area contributed by atoms with Crippen molar-refractivity contribution in [3.05, 3.63) is 66.4 Å². The van der Waals surface area contributed by atoms with E-state index in [-0.39, 0.29) is 0 Å². The van der Waals surface area contributed by atoms with Crippen LogP contribution in [0, 0.1) is 0 Å². The van der Waals surface area contributed by atoms with Gasteiger partial charge in [0.1, 0.15) is 18.2 Å². The number of nitrogen functional groups attached to an aromatic ring is 1. The maximum Gasteiger partial charge on any atom is 0.130 e. The fourth-order valence-corrected chi connectivity index (χ4v) is 1.99. The molecule has 0 aliphatic heterocycles. The molecule has 0 unspecified atom stereocenters. The minimum atomic E-state index is 0.420. The van der Waals surface area contributed by atoms with Crippen LogP contribution in [-0.2, 0) is 6.61 Å². The topological polar surface area (TPSA) is 48.1 Å². The van der Waals surface area contributed by atoms with Crippen molar-refractivity contribution in [1.29, 1.82) is 0 Å². The number of benzene rings is 2. The van der Waals surface area contributed by atoms with Crippen LogP contribution in [0.4, 0.5) is 5.82 Å². The SMILES string of the molecule is Nc1cccc(COc2ccc3ccccc3c2)n1. The number of hydrogen-bond acceptors (Lipinski definition) is 3. The Hall–Kier alpha value is -2.55. The van der Waals surface area contributed by atoms with Gasteiger partial charge in [-0.1, -0.05) is 36.4 Å². The van der Waals surface area contributed by atoms with Crippen LogP contribution in [0.2, 0.25) is 0 Å². The second kappa shape index (κ2) is 4.98. The molecule has 19 heavy (non-hydrogen) atoms. The number of nitrogens with zero attached hydrogens (tertiary/aromatic N) is 1. The third kappa shape index (κ3) is 2.65. The molecule has 0 spiro atoms. The Morgan fingerprint density at radius 3 is 2.58 bits per heavy atom. The smallest absolute Gasteiger partial charge is 0.130 e. The lowest BCUT2D eigenvalue weighted by molar-refractivity contribution is 0.302. The molecule has 94 valence electrons. The van der Waals surface area contributed by atoms with E-state index in [1.807, 2.05) is 36.4 Å². The lowest BCUT2D eigenvalue weighted by Crippen LogP contribution is -2.00. The molecule has 2 N–H and O–H groups in total. The number of fused-ring (bicyclic) bond motifs is 1. The zero-order chi connectivity index (χ0) is 13.1. The highest BCUT2D eigenvalue weighted by Gasteiger charge is 1.99. The second-order valence-electron chi connectivity index (χ2n) is 4.35. The molecule has 3 nitrogen and oxygen atoms in total. The predicted octanol–water partition coefficient (Wildman–Crippen LogP) is 3.40. The van der Waals surface area contributed by atoms with Crippen molar-refractivity contribution in [3.63, 3.8) is 0 Å². The molecule has 0 aliphatic carbocycles. The Kier molecular flexibility index (Phi) is 3.02. The number of hydrogen-bond donors (Lipinski definition) is 1. The summed E-state index contributed by atoms with van der Waals surface area (Å²) in [5, 5.41) is 2.37. The minimum Gasteiger partial charge on any atom is -0.487 e. The van der Waals surface area contributed by atoms with Crippen molar-refractivity contribution in [3.8, 4) is 5.75 Å². The first-order valence-corrected chi connectivity index (χ1v) is 6.14. The van der Waals surface area contributed by atoms with Crippen molar-refractivity contribution in [2.75, 3.05) is 5.73 Å². The summed E-state index contributed by atoms with van der Waals surface area (Å²) >= 11 is 0. The molecule has 0 atom stereocenters. The number of aromatic nitrogens is 1. The third-order valence-electron chi connectivity index (χ3n) is 2.94. The molecule has 0 radical (unpaired) electrons. The Morgan fingerprint density at radius 2 is 1.74 bits per heavy atom. The van der Waals surface area contributed by atoms with Gasteiger partial charge in [-0.15, -0.1) is 0 Å². The van der Waals surface area contributed by atoms with E-state index in [0.29, 0.717) is 12.4 Å². The largest absolute Gasteiger partial charge is 0.487 e. The van der Waals surface area contributed by atoms with Gasteiger partial charge >= 0.3 is 0 Å². The van der Waals surface area contributed by atoms with Crippen molar-refractivity contribution >= 4 is 16.6 Å². The van der Waals surface area contributed by atoms with Gasteiger partial charge in [-0.05, 0) is 35.0 Å². The van der Waals surface area contributed by atoms with Crippen LogP contribution in [0.25, 0.3) is 10.8 Å². The Morgan fingerprint density at radius 1 is 0.895 bits per heavy atom. The van der Waals surface area contributed by atoms with Crippen LogP contribution in [-0.4, -0.2) is 4.98 Å². The van der Waals surface area contributed by atoms with Crippen LogP contribution in [0.3, 0.4) is 0 Å². The predicted molar refractivity (Wildman–Crippen MR) is 76.9 cm³/mol. The van der Waals surface area contributed by atoms with Gasteiger partial charge in [-0.25, -0.2) is 4.98 Å². The lowest BCUT2D eigenvalue weighted by atomic mass is 10.1. The molecule has 0 saturated heterocycles. The van der Waals surface area contributed by atoms with Crippen LogP contribution in [0.5, 0.6) is 5.75 Å². The molecule has 1 heterocycles. The van der Waals surface area contributed by atoms with Gasteiger partial charge in [0.05, 0.1) is 5.69 Å². The molecule has 0 fully saturated rings. The Labute approximate surface area is 111 Å². The van der Waals surface area contributed by atoms with Gasteiger partial charge in [0.25, 0.3) is 0 Å². The quantitative estimate of drug-likeness (QED) is 0.775. The summed E-state index contributed by atoms with van der Waals surface area (Å²) in [5.41, 5.74) is 6.46. The molecule has 1 aromatic heterocycles.